The van der Waals surface area contributed by atoms with E-state index in [0.29, 0.717) is 11.3 Å². The molecule has 28 heavy (non-hydrogen) atoms. The number of nitrogens with zero attached hydrogens (tertiary/aromatic N) is 1. The van der Waals surface area contributed by atoms with Gasteiger partial charge < -0.3 is 19.8 Å². The maximum atomic E-state index is 13.2. The number of carbonyl (C=O) groups is 2. The number of benzene rings is 2. The molecular formula is C22H25NO5. The van der Waals surface area contributed by atoms with Crippen LogP contribution in [0.4, 0.5) is 0 Å². The molecule has 0 aromatic heterocycles. The highest BCUT2D eigenvalue weighted by molar-refractivity contribution is 5.97. The molecule has 148 valence electrons. The molecule has 3 rings (SSSR count). The number of hydrogen-bond acceptors (Lipinski definition) is 4. The van der Waals surface area contributed by atoms with E-state index in [4.69, 9.17) is 4.74 Å². The first-order valence-electron chi connectivity index (χ1n) is 9.15. The molecule has 6 heteroatoms. The van der Waals surface area contributed by atoms with Crippen molar-refractivity contribution in [2.45, 2.75) is 45.2 Å². The van der Waals surface area contributed by atoms with E-state index in [-0.39, 0.29) is 30.0 Å². The average molecular weight is 383 g/mol. The van der Waals surface area contributed by atoms with Crippen LogP contribution in [0.3, 0.4) is 0 Å². The van der Waals surface area contributed by atoms with Crippen LogP contribution in [0.2, 0.25) is 0 Å². The number of phenols is 1. The van der Waals surface area contributed by atoms with Crippen molar-refractivity contribution in [3.8, 4) is 11.5 Å². The van der Waals surface area contributed by atoms with Crippen LogP contribution in [-0.2, 0) is 23.2 Å². The topological polar surface area (TPSA) is 87.1 Å². The van der Waals surface area contributed by atoms with E-state index >= 15 is 0 Å². The lowest BCUT2D eigenvalue weighted by Crippen LogP contribution is -2.48. The van der Waals surface area contributed by atoms with Crippen molar-refractivity contribution >= 4 is 11.9 Å². The molecular weight excluding hydrogens is 358 g/mol. The number of hydrogen-bond donors (Lipinski definition) is 2. The predicted molar refractivity (Wildman–Crippen MR) is 105 cm³/mol. The van der Waals surface area contributed by atoms with Crippen molar-refractivity contribution < 1.29 is 24.5 Å². The van der Waals surface area contributed by atoms with Crippen LogP contribution in [0, 0.1) is 0 Å². The smallest absolute Gasteiger partial charge is 0.326 e. The van der Waals surface area contributed by atoms with Crippen molar-refractivity contribution in [2.24, 2.45) is 0 Å². The zero-order valence-electron chi connectivity index (χ0n) is 16.5. The Morgan fingerprint density at radius 3 is 2.43 bits per heavy atom. The summed E-state index contributed by atoms with van der Waals surface area (Å²) >= 11 is 0. The molecule has 2 aromatic carbocycles. The Bertz CT molecular complexity index is 929. The molecule has 1 aliphatic rings. The minimum absolute atomic E-state index is 0.0881. The molecule has 0 saturated carbocycles. The number of carboxylic acids is 1. The molecule has 1 amide bonds. The lowest BCUT2D eigenvalue weighted by Gasteiger charge is -2.34. The number of fused-ring (bicyclic) bond motifs is 1. The lowest BCUT2D eigenvalue weighted by atomic mass is 9.85. The Kier molecular flexibility index (Phi) is 5.06. The summed E-state index contributed by atoms with van der Waals surface area (Å²) in [5.41, 5.74) is 2.79. The van der Waals surface area contributed by atoms with Gasteiger partial charge in [0.25, 0.3) is 5.91 Å². The number of carboxylic acid groups (broad SMARTS) is 1. The van der Waals surface area contributed by atoms with Crippen LogP contribution in [0.5, 0.6) is 11.5 Å². The number of methoxy groups -OCH3 is 1. The van der Waals surface area contributed by atoms with Gasteiger partial charge in [-0.3, -0.25) is 4.79 Å². The highest BCUT2D eigenvalue weighted by atomic mass is 16.5. The average Bonchev–Trinajstić information content (AvgIpc) is 2.64. The lowest BCUT2D eigenvalue weighted by molar-refractivity contribution is -0.142. The van der Waals surface area contributed by atoms with Gasteiger partial charge in [0.1, 0.15) is 17.5 Å². The number of aromatic hydroxyl groups is 1. The Labute approximate surface area is 164 Å². The molecule has 6 nitrogen and oxygen atoms in total. The standard InChI is InChI=1S/C22H25NO5/c1-22(2,3)17-8-6-13(11-19(17)28-4)20(25)23-12-14-5-7-16(24)9-15(14)10-18(23)21(26)27/h5-9,11,18,24H,10,12H2,1-4H3,(H,26,27). The summed E-state index contributed by atoms with van der Waals surface area (Å²) in [5, 5.41) is 19.3. The number of aliphatic carboxylic acids is 1. The molecule has 0 aliphatic carbocycles. The van der Waals surface area contributed by atoms with E-state index < -0.39 is 12.0 Å². The summed E-state index contributed by atoms with van der Waals surface area (Å²) in [6.45, 7) is 6.35. The first kappa shape index (κ1) is 19.7. The van der Waals surface area contributed by atoms with Crippen LogP contribution < -0.4 is 4.74 Å². The summed E-state index contributed by atoms with van der Waals surface area (Å²) in [6.07, 6.45) is 0.155. The van der Waals surface area contributed by atoms with Gasteiger partial charge in [-0.15, -0.1) is 0 Å². The van der Waals surface area contributed by atoms with Crippen LogP contribution in [0.25, 0.3) is 0 Å². The predicted octanol–water partition coefficient (Wildman–Crippen LogP) is 3.35. The highest BCUT2D eigenvalue weighted by Crippen LogP contribution is 2.33. The van der Waals surface area contributed by atoms with Gasteiger partial charge in [-0.25, -0.2) is 4.79 Å². The third-order valence-corrected chi connectivity index (χ3v) is 5.12. The third-order valence-electron chi connectivity index (χ3n) is 5.12. The fourth-order valence-electron chi connectivity index (χ4n) is 3.61. The van der Waals surface area contributed by atoms with E-state index in [0.717, 1.165) is 16.7 Å². The summed E-state index contributed by atoms with van der Waals surface area (Å²) in [7, 11) is 1.56. The molecule has 1 atom stereocenters. The number of phenolic OH excluding ortho intramolecular Hbond substituents is 1. The van der Waals surface area contributed by atoms with Gasteiger partial charge in [0.15, 0.2) is 0 Å². The maximum absolute atomic E-state index is 13.2. The third kappa shape index (κ3) is 3.67. The SMILES string of the molecule is COc1cc(C(=O)N2Cc3ccc(O)cc3CC2C(=O)O)ccc1C(C)(C)C. The zero-order chi connectivity index (χ0) is 20.6. The van der Waals surface area contributed by atoms with Gasteiger partial charge in [0, 0.05) is 18.5 Å². The Balaban J connectivity index is 1.98. The Morgan fingerprint density at radius 2 is 1.82 bits per heavy atom. The number of carbonyl (C=O) groups excluding carboxylic acids is 1. The molecule has 0 bridgehead atoms. The molecule has 2 N–H and O–H groups in total. The van der Waals surface area contributed by atoms with Gasteiger partial charge in [0.05, 0.1) is 7.11 Å². The molecule has 0 radical (unpaired) electrons. The monoisotopic (exact) mass is 383 g/mol. The molecule has 1 aliphatic heterocycles. The molecule has 1 heterocycles. The molecule has 0 spiro atoms. The van der Waals surface area contributed by atoms with Gasteiger partial charge in [-0.1, -0.05) is 32.9 Å². The highest BCUT2D eigenvalue weighted by Gasteiger charge is 2.35. The summed E-state index contributed by atoms with van der Waals surface area (Å²) < 4.78 is 5.48. The quantitative estimate of drug-likeness (QED) is 0.849. The van der Waals surface area contributed by atoms with Crippen LogP contribution >= 0.6 is 0 Å². The second-order valence-corrected chi connectivity index (χ2v) is 8.11. The van der Waals surface area contributed by atoms with Crippen molar-refractivity contribution in [1.29, 1.82) is 0 Å². The molecule has 1 unspecified atom stereocenters. The minimum atomic E-state index is -1.07. The fourth-order valence-corrected chi connectivity index (χ4v) is 3.61. The van der Waals surface area contributed by atoms with Crippen molar-refractivity contribution in [1.82, 2.24) is 4.90 Å². The van der Waals surface area contributed by atoms with Crippen LogP contribution in [-0.4, -0.2) is 40.1 Å². The van der Waals surface area contributed by atoms with E-state index in [1.54, 1.807) is 37.4 Å². The van der Waals surface area contributed by atoms with Crippen LogP contribution in [0.15, 0.2) is 36.4 Å². The van der Waals surface area contributed by atoms with Gasteiger partial charge in [0.2, 0.25) is 0 Å². The maximum Gasteiger partial charge on any atom is 0.326 e. The van der Waals surface area contributed by atoms with E-state index in [1.165, 1.54) is 4.90 Å². The summed E-state index contributed by atoms with van der Waals surface area (Å²) in [6, 6.07) is 9.10. The van der Waals surface area contributed by atoms with Gasteiger partial charge in [-0.05, 0) is 46.4 Å². The van der Waals surface area contributed by atoms with Crippen molar-refractivity contribution in [3.63, 3.8) is 0 Å². The summed E-state index contributed by atoms with van der Waals surface area (Å²) in [4.78, 5) is 26.4. The zero-order valence-corrected chi connectivity index (χ0v) is 16.5. The van der Waals surface area contributed by atoms with E-state index in [9.17, 15) is 19.8 Å². The number of ether oxygens (including phenoxy) is 1. The van der Waals surface area contributed by atoms with Gasteiger partial charge >= 0.3 is 5.97 Å². The number of rotatable bonds is 3. The largest absolute Gasteiger partial charge is 0.508 e. The number of amides is 1. The summed E-state index contributed by atoms with van der Waals surface area (Å²) in [5.74, 6) is -0.733. The second-order valence-electron chi connectivity index (χ2n) is 8.11. The normalized spacial score (nSPS) is 16.4. The molecule has 2 aromatic rings. The Morgan fingerprint density at radius 1 is 1.11 bits per heavy atom. The molecule has 0 saturated heterocycles. The van der Waals surface area contributed by atoms with Crippen molar-refractivity contribution in [3.05, 3.63) is 58.7 Å². The minimum Gasteiger partial charge on any atom is -0.508 e. The first-order valence-corrected chi connectivity index (χ1v) is 9.15. The van der Waals surface area contributed by atoms with E-state index in [1.807, 2.05) is 6.07 Å². The second kappa shape index (κ2) is 7.19. The first-order chi connectivity index (χ1) is 13.1. The molecule has 0 fully saturated rings. The van der Waals surface area contributed by atoms with Gasteiger partial charge in [-0.2, -0.15) is 0 Å². The van der Waals surface area contributed by atoms with Crippen LogP contribution in [0.1, 0.15) is 47.8 Å². The van der Waals surface area contributed by atoms with E-state index in [2.05, 4.69) is 20.8 Å². The fraction of sp³-hybridized carbons (Fsp3) is 0.364. The Hall–Kier alpha value is -3.02. The van der Waals surface area contributed by atoms with Crippen molar-refractivity contribution in [2.75, 3.05) is 7.11 Å².